The molecule has 2 aromatic rings. The van der Waals surface area contributed by atoms with Gasteiger partial charge < -0.3 is 10.1 Å². The minimum absolute atomic E-state index is 0.0222. The zero-order chi connectivity index (χ0) is 25.6. The molecule has 2 heterocycles. The Morgan fingerprint density at radius 3 is 2.50 bits per heavy atom. The first-order valence-electron chi connectivity index (χ1n) is 12.2. The van der Waals surface area contributed by atoms with Gasteiger partial charge in [-0.2, -0.15) is 13.2 Å². The quantitative estimate of drug-likeness (QED) is 0.522. The van der Waals surface area contributed by atoms with Gasteiger partial charge in [0.15, 0.2) is 0 Å². The summed E-state index contributed by atoms with van der Waals surface area (Å²) >= 11 is 0. The molecule has 2 aliphatic heterocycles. The number of carbonyl (C=O) groups is 1. The molecule has 1 spiro atoms. The number of nitrogens with one attached hydrogen (secondary N) is 1. The summed E-state index contributed by atoms with van der Waals surface area (Å²) in [4.78, 5) is 19.0. The second-order valence-corrected chi connectivity index (χ2v) is 10.1. The molecule has 9 heteroatoms. The monoisotopic (exact) mass is 503 g/mol. The first-order valence-corrected chi connectivity index (χ1v) is 12.2. The van der Waals surface area contributed by atoms with E-state index in [-0.39, 0.29) is 29.7 Å². The van der Waals surface area contributed by atoms with Crippen molar-refractivity contribution in [2.24, 2.45) is 4.99 Å². The Balaban J connectivity index is 1.32. The van der Waals surface area contributed by atoms with Gasteiger partial charge in [0.2, 0.25) is 0 Å². The smallest absolute Gasteiger partial charge is 0.372 e. The molecule has 36 heavy (non-hydrogen) atoms. The highest BCUT2D eigenvalue weighted by molar-refractivity contribution is 6.02. The highest BCUT2D eigenvalue weighted by Gasteiger charge is 2.56. The molecule has 2 aromatic carbocycles. The Morgan fingerprint density at radius 1 is 1.17 bits per heavy atom. The Labute approximate surface area is 207 Å². The largest absolute Gasteiger partial charge is 0.416 e. The fourth-order valence-electron chi connectivity index (χ4n) is 5.16. The van der Waals surface area contributed by atoms with Crippen LogP contribution in [0, 0.1) is 0 Å². The van der Waals surface area contributed by atoms with E-state index in [0.717, 1.165) is 37.0 Å². The summed E-state index contributed by atoms with van der Waals surface area (Å²) in [5.41, 5.74) is -0.724. The van der Waals surface area contributed by atoms with E-state index in [1.165, 1.54) is 6.07 Å². The van der Waals surface area contributed by atoms with E-state index in [4.69, 9.17) is 4.74 Å². The van der Waals surface area contributed by atoms with Gasteiger partial charge in [0.1, 0.15) is 12.2 Å². The van der Waals surface area contributed by atoms with Crippen molar-refractivity contribution in [2.45, 2.75) is 68.7 Å². The third-order valence-corrected chi connectivity index (χ3v) is 7.63. The molecular formula is C27H29F4N3O2. The lowest BCUT2D eigenvalue weighted by molar-refractivity contribution is -0.137. The number of aliphatic imine (C=N–C) groups is 1. The van der Waals surface area contributed by atoms with Crippen molar-refractivity contribution in [3.8, 4) is 0 Å². The molecule has 2 fully saturated rings. The number of carbonyl (C=O) groups excluding carboxylic acids is 1. The van der Waals surface area contributed by atoms with Crippen LogP contribution < -0.4 is 5.32 Å². The van der Waals surface area contributed by atoms with Crippen LogP contribution in [0.2, 0.25) is 0 Å². The van der Waals surface area contributed by atoms with Crippen LogP contribution >= 0.6 is 0 Å². The molecule has 1 saturated carbocycles. The van der Waals surface area contributed by atoms with Gasteiger partial charge in [0, 0.05) is 6.54 Å². The molecule has 3 atom stereocenters. The molecule has 0 aromatic heterocycles. The zero-order valence-electron chi connectivity index (χ0n) is 20.0. The van der Waals surface area contributed by atoms with Crippen molar-refractivity contribution >= 4 is 12.2 Å². The average Bonchev–Trinajstić information content (AvgIpc) is 3.61. The third kappa shape index (κ3) is 4.66. The van der Waals surface area contributed by atoms with Gasteiger partial charge in [-0.3, -0.25) is 14.7 Å². The number of benzene rings is 2. The van der Waals surface area contributed by atoms with Crippen molar-refractivity contribution < 1.29 is 27.1 Å². The van der Waals surface area contributed by atoms with Gasteiger partial charge in [-0.05, 0) is 61.4 Å². The van der Waals surface area contributed by atoms with Crippen molar-refractivity contribution in [3.05, 3.63) is 70.8 Å². The van der Waals surface area contributed by atoms with Crippen LogP contribution in [0.25, 0.3) is 0 Å². The first kappa shape index (κ1) is 24.9. The van der Waals surface area contributed by atoms with E-state index < -0.39 is 35.6 Å². The maximum atomic E-state index is 13.3. The Bertz CT molecular complexity index is 1140. The van der Waals surface area contributed by atoms with Gasteiger partial charge >= 0.3 is 6.18 Å². The van der Waals surface area contributed by atoms with Crippen LogP contribution in [0.5, 0.6) is 0 Å². The van der Waals surface area contributed by atoms with Crippen LogP contribution in [0.3, 0.4) is 0 Å². The number of piperidine rings is 1. The molecule has 1 saturated heterocycles. The highest BCUT2D eigenvalue weighted by Crippen LogP contribution is 2.45. The Kier molecular flexibility index (Phi) is 6.41. The fraction of sp³-hybridized carbons (Fsp3) is 0.481. The minimum Gasteiger partial charge on any atom is -0.372 e. The number of amides is 1. The summed E-state index contributed by atoms with van der Waals surface area (Å²) in [6.45, 7) is 1.44. The number of halogens is 4. The minimum atomic E-state index is -4.57. The van der Waals surface area contributed by atoms with Gasteiger partial charge in [-0.1, -0.05) is 36.4 Å². The molecule has 0 radical (unpaired) electrons. The van der Waals surface area contributed by atoms with E-state index in [1.807, 2.05) is 30.3 Å². The van der Waals surface area contributed by atoms with E-state index >= 15 is 0 Å². The number of rotatable bonds is 7. The molecule has 5 rings (SSSR count). The lowest BCUT2D eigenvalue weighted by Gasteiger charge is -2.44. The topological polar surface area (TPSA) is 53.9 Å². The maximum Gasteiger partial charge on any atom is 0.416 e. The molecule has 192 valence electrons. The lowest BCUT2D eigenvalue weighted by atomic mass is 9.81. The zero-order valence-corrected chi connectivity index (χ0v) is 20.0. The van der Waals surface area contributed by atoms with Crippen LogP contribution in [-0.4, -0.2) is 41.9 Å². The molecular weight excluding hydrogens is 474 g/mol. The normalized spacial score (nSPS) is 26.0. The van der Waals surface area contributed by atoms with Gasteiger partial charge in [0.25, 0.3) is 5.91 Å². The van der Waals surface area contributed by atoms with Crippen LogP contribution in [0.15, 0.2) is 53.5 Å². The van der Waals surface area contributed by atoms with Crippen LogP contribution in [0.4, 0.5) is 17.6 Å². The van der Waals surface area contributed by atoms with Crippen molar-refractivity contribution in [1.29, 1.82) is 0 Å². The standard InChI is InChI=1S/C27H29F4N3O2/c1-18(20-11-19(14-28)12-22(13-20)27(29,30)31)36-16-26(21-5-3-2-4-6-21)8-7-23(15-32-26)34-17-33-25(9-10-25)24(34)35/h2-6,11-13,17-18,23,32H,7-10,14-16H2,1H3/t18-,23+,26-/m1/s1. The number of hydrogen-bond donors (Lipinski definition) is 1. The van der Waals surface area contributed by atoms with Crippen molar-refractivity contribution in [2.75, 3.05) is 13.2 Å². The van der Waals surface area contributed by atoms with Crippen molar-refractivity contribution in [1.82, 2.24) is 10.2 Å². The summed E-state index contributed by atoms with van der Waals surface area (Å²) in [6, 6.07) is 13.0. The summed E-state index contributed by atoms with van der Waals surface area (Å²) in [5.74, 6) is 0.0691. The molecule has 3 aliphatic rings. The number of nitrogens with zero attached hydrogens (tertiary/aromatic N) is 2. The summed E-state index contributed by atoms with van der Waals surface area (Å²) in [7, 11) is 0. The van der Waals surface area contributed by atoms with E-state index in [2.05, 4.69) is 10.3 Å². The molecule has 1 aliphatic carbocycles. The van der Waals surface area contributed by atoms with Gasteiger partial charge in [-0.15, -0.1) is 0 Å². The van der Waals surface area contributed by atoms with Crippen molar-refractivity contribution in [3.63, 3.8) is 0 Å². The second kappa shape index (κ2) is 9.27. The van der Waals surface area contributed by atoms with Gasteiger partial charge in [-0.25, -0.2) is 4.39 Å². The number of hydrogen-bond acceptors (Lipinski definition) is 4. The summed E-state index contributed by atoms with van der Waals surface area (Å²) in [5, 5.41) is 3.59. The predicted octanol–water partition coefficient (Wildman–Crippen LogP) is 5.30. The molecule has 5 nitrogen and oxygen atoms in total. The van der Waals surface area contributed by atoms with Crippen LogP contribution in [0.1, 0.15) is 61.0 Å². The third-order valence-electron chi connectivity index (χ3n) is 7.63. The fourth-order valence-corrected chi connectivity index (χ4v) is 5.16. The van der Waals surface area contributed by atoms with E-state index in [9.17, 15) is 22.4 Å². The number of ether oxygens (including phenoxy) is 1. The molecule has 1 N–H and O–H groups in total. The Morgan fingerprint density at radius 2 is 1.92 bits per heavy atom. The summed E-state index contributed by atoms with van der Waals surface area (Å²) < 4.78 is 59.5. The average molecular weight is 504 g/mol. The van der Waals surface area contributed by atoms with Gasteiger partial charge in [0.05, 0.1) is 36.2 Å². The number of alkyl halides is 4. The molecule has 1 amide bonds. The second-order valence-electron chi connectivity index (χ2n) is 10.1. The van der Waals surface area contributed by atoms with E-state index in [1.54, 1.807) is 18.2 Å². The SMILES string of the molecule is C[C@@H](OC[C@@]1(c2ccccc2)CC[C@H](N2C=NC3(CC3)C2=O)CN1)c1cc(CF)cc(C(F)(F)F)c1. The maximum absolute atomic E-state index is 13.3. The highest BCUT2D eigenvalue weighted by atomic mass is 19.4. The summed E-state index contributed by atoms with van der Waals surface area (Å²) in [6.07, 6.45) is -0.581. The predicted molar refractivity (Wildman–Crippen MR) is 127 cm³/mol. The van der Waals surface area contributed by atoms with E-state index in [0.29, 0.717) is 13.0 Å². The van der Waals surface area contributed by atoms with Crippen LogP contribution in [-0.2, 0) is 27.9 Å². The molecule has 0 bridgehead atoms. The Hall–Kier alpha value is -2.78. The molecule has 0 unspecified atom stereocenters. The lowest BCUT2D eigenvalue weighted by Crippen LogP contribution is -2.57. The first-order chi connectivity index (χ1) is 17.2.